The Labute approximate surface area is 155 Å². The number of hydrogen-bond donors (Lipinski definition) is 2. The van der Waals surface area contributed by atoms with E-state index in [2.05, 4.69) is 5.32 Å². The van der Waals surface area contributed by atoms with Crippen molar-refractivity contribution in [3.8, 4) is 17.2 Å². The average Bonchev–Trinajstić information content (AvgIpc) is 2.66. The number of rotatable bonds is 6. The fourth-order valence-corrected chi connectivity index (χ4v) is 2.62. The van der Waals surface area contributed by atoms with E-state index < -0.39 is 11.5 Å². The Kier molecular flexibility index (Phi) is 5.30. The SMILES string of the molecule is CCOc1ccc(C(=O)Nc2c(O)c3ccccc3oc2=O)cc1OCC. The maximum atomic E-state index is 12.6. The van der Waals surface area contributed by atoms with Gasteiger partial charge in [-0.15, -0.1) is 0 Å². The highest BCUT2D eigenvalue weighted by molar-refractivity contribution is 6.06. The van der Waals surface area contributed by atoms with Crippen molar-refractivity contribution in [2.75, 3.05) is 18.5 Å². The monoisotopic (exact) mass is 369 g/mol. The number of amides is 1. The summed E-state index contributed by atoms with van der Waals surface area (Å²) in [5.41, 5.74) is -0.673. The van der Waals surface area contributed by atoms with Crippen molar-refractivity contribution in [3.05, 3.63) is 58.4 Å². The molecule has 2 N–H and O–H groups in total. The molecule has 1 aromatic heterocycles. The minimum Gasteiger partial charge on any atom is -0.505 e. The molecule has 0 aliphatic heterocycles. The molecule has 0 bridgehead atoms. The van der Waals surface area contributed by atoms with Gasteiger partial charge in [0, 0.05) is 5.56 Å². The first kappa shape index (κ1) is 18.3. The zero-order chi connectivity index (χ0) is 19.4. The number of aromatic hydroxyl groups is 1. The third kappa shape index (κ3) is 3.72. The van der Waals surface area contributed by atoms with E-state index in [-0.39, 0.29) is 22.6 Å². The summed E-state index contributed by atoms with van der Waals surface area (Å²) in [4.78, 5) is 24.7. The Morgan fingerprint density at radius 3 is 2.52 bits per heavy atom. The number of fused-ring (bicyclic) bond motifs is 1. The molecule has 140 valence electrons. The van der Waals surface area contributed by atoms with Crippen LogP contribution in [0.5, 0.6) is 17.2 Å². The zero-order valence-corrected chi connectivity index (χ0v) is 14.9. The van der Waals surface area contributed by atoms with E-state index in [4.69, 9.17) is 13.9 Å². The van der Waals surface area contributed by atoms with E-state index in [1.54, 1.807) is 36.4 Å². The van der Waals surface area contributed by atoms with Gasteiger partial charge in [0.2, 0.25) is 0 Å². The van der Waals surface area contributed by atoms with Gasteiger partial charge in [-0.2, -0.15) is 0 Å². The Bertz CT molecular complexity index is 1040. The summed E-state index contributed by atoms with van der Waals surface area (Å²) in [6, 6.07) is 11.2. The van der Waals surface area contributed by atoms with E-state index in [0.717, 1.165) is 0 Å². The van der Waals surface area contributed by atoms with Crippen molar-refractivity contribution in [2.24, 2.45) is 0 Å². The van der Waals surface area contributed by atoms with Crippen molar-refractivity contribution in [2.45, 2.75) is 13.8 Å². The molecule has 2 aromatic carbocycles. The topological polar surface area (TPSA) is 98.0 Å². The van der Waals surface area contributed by atoms with E-state index in [0.29, 0.717) is 30.1 Å². The highest BCUT2D eigenvalue weighted by Crippen LogP contribution is 2.31. The number of para-hydroxylation sites is 1. The minimum absolute atomic E-state index is 0.234. The van der Waals surface area contributed by atoms with Gasteiger partial charge < -0.3 is 24.3 Å². The number of hydrogen-bond acceptors (Lipinski definition) is 6. The fourth-order valence-electron chi connectivity index (χ4n) is 2.62. The third-order valence-electron chi connectivity index (χ3n) is 3.83. The Morgan fingerprint density at radius 2 is 1.78 bits per heavy atom. The van der Waals surface area contributed by atoms with Gasteiger partial charge in [0.05, 0.1) is 18.6 Å². The lowest BCUT2D eigenvalue weighted by Crippen LogP contribution is -2.18. The van der Waals surface area contributed by atoms with Crippen LogP contribution in [0.25, 0.3) is 11.0 Å². The van der Waals surface area contributed by atoms with Crippen LogP contribution >= 0.6 is 0 Å². The van der Waals surface area contributed by atoms with Crippen LogP contribution in [0.15, 0.2) is 51.7 Å². The molecule has 0 atom stereocenters. The highest BCUT2D eigenvalue weighted by atomic mass is 16.5. The van der Waals surface area contributed by atoms with Crippen LogP contribution in [-0.2, 0) is 0 Å². The molecule has 0 saturated carbocycles. The lowest BCUT2D eigenvalue weighted by molar-refractivity contribution is 0.102. The van der Waals surface area contributed by atoms with Gasteiger partial charge >= 0.3 is 5.63 Å². The molecule has 3 aromatic rings. The standard InChI is InChI=1S/C20H19NO6/c1-3-25-15-10-9-12(11-16(15)26-4-2)19(23)21-17-18(22)13-7-5-6-8-14(13)27-20(17)24/h5-11,22H,3-4H2,1-2H3,(H,21,23). The smallest absolute Gasteiger partial charge is 0.364 e. The number of anilines is 1. The molecule has 1 amide bonds. The molecule has 3 rings (SSSR count). The van der Waals surface area contributed by atoms with Gasteiger partial charge in [-0.3, -0.25) is 4.79 Å². The molecule has 0 aliphatic rings. The van der Waals surface area contributed by atoms with Crippen molar-refractivity contribution in [1.82, 2.24) is 0 Å². The lowest BCUT2D eigenvalue weighted by atomic mass is 10.1. The number of carbonyl (C=O) groups excluding carboxylic acids is 1. The second-order valence-corrected chi connectivity index (χ2v) is 5.59. The Balaban J connectivity index is 1.95. The van der Waals surface area contributed by atoms with Crippen LogP contribution in [0.1, 0.15) is 24.2 Å². The molecule has 0 saturated heterocycles. The maximum absolute atomic E-state index is 12.6. The first-order valence-corrected chi connectivity index (χ1v) is 8.51. The molecule has 0 aliphatic carbocycles. The quantitative estimate of drug-likeness (QED) is 0.645. The predicted molar refractivity (Wildman–Crippen MR) is 101 cm³/mol. The second-order valence-electron chi connectivity index (χ2n) is 5.59. The highest BCUT2D eigenvalue weighted by Gasteiger charge is 2.18. The van der Waals surface area contributed by atoms with Crippen LogP contribution in [-0.4, -0.2) is 24.2 Å². The predicted octanol–water partition coefficient (Wildman–Crippen LogP) is 3.55. The second kappa shape index (κ2) is 7.82. The minimum atomic E-state index is -0.837. The summed E-state index contributed by atoms with van der Waals surface area (Å²) in [6.45, 7) is 4.52. The summed E-state index contributed by atoms with van der Waals surface area (Å²) >= 11 is 0. The van der Waals surface area contributed by atoms with E-state index in [1.165, 1.54) is 6.07 Å². The summed E-state index contributed by atoms with van der Waals surface area (Å²) in [5, 5.41) is 13.1. The molecular formula is C20H19NO6. The normalized spacial score (nSPS) is 10.6. The molecule has 0 unspecified atom stereocenters. The fraction of sp³-hybridized carbons (Fsp3) is 0.200. The van der Waals surface area contributed by atoms with E-state index in [1.807, 2.05) is 13.8 Å². The number of carbonyl (C=O) groups is 1. The van der Waals surface area contributed by atoms with Crippen molar-refractivity contribution >= 4 is 22.6 Å². The first-order chi connectivity index (χ1) is 13.0. The summed E-state index contributed by atoms with van der Waals surface area (Å²) in [6.07, 6.45) is 0. The largest absolute Gasteiger partial charge is 0.505 e. The molecule has 0 spiro atoms. The first-order valence-electron chi connectivity index (χ1n) is 8.51. The molecule has 7 nitrogen and oxygen atoms in total. The molecule has 1 heterocycles. The van der Waals surface area contributed by atoms with Crippen LogP contribution in [0, 0.1) is 0 Å². The van der Waals surface area contributed by atoms with Gasteiger partial charge in [0.1, 0.15) is 5.58 Å². The maximum Gasteiger partial charge on any atom is 0.364 e. The molecule has 27 heavy (non-hydrogen) atoms. The summed E-state index contributed by atoms with van der Waals surface area (Å²) < 4.78 is 16.1. The molecule has 7 heteroatoms. The van der Waals surface area contributed by atoms with Crippen LogP contribution in [0.2, 0.25) is 0 Å². The Morgan fingerprint density at radius 1 is 1.07 bits per heavy atom. The number of benzene rings is 2. The van der Waals surface area contributed by atoms with Crippen molar-refractivity contribution < 1.29 is 23.8 Å². The lowest BCUT2D eigenvalue weighted by Gasteiger charge is -2.13. The summed E-state index contributed by atoms with van der Waals surface area (Å²) in [7, 11) is 0. The van der Waals surface area contributed by atoms with Crippen LogP contribution < -0.4 is 20.4 Å². The van der Waals surface area contributed by atoms with E-state index >= 15 is 0 Å². The average molecular weight is 369 g/mol. The van der Waals surface area contributed by atoms with Gasteiger partial charge in [-0.25, -0.2) is 4.79 Å². The molecule has 0 fully saturated rings. The summed E-state index contributed by atoms with van der Waals surface area (Å²) in [5.74, 6) is 0.00813. The van der Waals surface area contributed by atoms with Crippen molar-refractivity contribution in [3.63, 3.8) is 0 Å². The zero-order valence-electron chi connectivity index (χ0n) is 14.9. The van der Waals surface area contributed by atoms with Crippen LogP contribution in [0.4, 0.5) is 5.69 Å². The van der Waals surface area contributed by atoms with Gasteiger partial charge in [-0.05, 0) is 44.2 Å². The van der Waals surface area contributed by atoms with Crippen LogP contribution in [0.3, 0.4) is 0 Å². The molecular weight excluding hydrogens is 350 g/mol. The van der Waals surface area contributed by atoms with Crippen molar-refractivity contribution in [1.29, 1.82) is 0 Å². The van der Waals surface area contributed by atoms with Gasteiger partial charge in [-0.1, -0.05) is 12.1 Å². The van der Waals surface area contributed by atoms with Gasteiger partial charge in [0.25, 0.3) is 5.91 Å². The third-order valence-corrected chi connectivity index (χ3v) is 3.83. The number of ether oxygens (including phenoxy) is 2. The van der Waals surface area contributed by atoms with Gasteiger partial charge in [0.15, 0.2) is 22.9 Å². The number of nitrogens with one attached hydrogen (secondary N) is 1. The molecule has 0 radical (unpaired) electrons. The Hall–Kier alpha value is -3.48. The van der Waals surface area contributed by atoms with E-state index in [9.17, 15) is 14.7 Å².